The summed E-state index contributed by atoms with van der Waals surface area (Å²) >= 11 is 0. The van der Waals surface area contributed by atoms with Crippen LogP contribution in [0.3, 0.4) is 0 Å². The summed E-state index contributed by atoms with van der Waals surface area (Å²) in [6, 6.07) is 3.77. The zero-order chi connectivity index (χ0) is 13.7. The van der Waals surface area contributed by atoms with E-state index in [0.717, 1.165) is 5.56 Å². The lowest BCUT2D eigenvalue weighted by molar-refractivity contribution is -0.138. The van der Waals surface area contributed by atoms with Gasteiger partial charge in [-0.15, -0.1) is 0 Å². The molecule has 1 aromatic rings. The Balaban J connectivity index is 2.86. The average molecular weight is 254 g/mol. The van der Waals surface area contributed by atoms with Crippen LogP contribution in [-0.4, -0.2) is 31.3 Å². The van der Waals surface area contributed by atoms with Gasteiger partial charge < -0.3 is 26.0 Å². The maximum absolute atomic E-state index is 10.7. The van der Waals surface area contributed by atoms with E-state index >= 15 is 0 Å². The van der Waals surface area contributed by atoms with Crippen LogP contribution < -0.4 is 20.9 Å². The topological polar surface area (TPSA) is 108 Å². The summed E-state index contributed by atoms with van der Waals surface area (Å²) in [7, 11) is 3.06. The van der Waals surface area contributed by atoms with E-state index in [0.29, 0.717) is 11.5 Å². The molecule has 0 radical (unpaired) electrons. The number of nitrogens with two attached hydrogens (primary N) is 2. The molecule has 1 rings (SSSR count). The minimum Gasteiger partial charge on any atom is -0.493 e. The Bertz CT molecular complexity index is 423. The van der Waals surface area contributed by atoms with Crippen LogP contribution in [0.1, 0.15) is 18.0 Å². The largest absolute Gasteiger partial charge is 0.493 e. The highest BCUT2D eigenvalue weighted by molar-refractivity contribution is 5.73. The lowest BCUT2D eigenvalue weighted by Crippen LogP contribution is -2.33. The maximum Gasteiger partial charge on any atom is 0.320 e. The second-order valence-electron chi connectivity index (χ2n) is 3.90. The first-order valence-corrected chi connectivity index (χ1v) is 5.45. The zero-order valence-corrected chi connectivity index (χ0v) is 10.4. The van der Waals surface area contributed by atoms with Gasteiger partial charge in [0.25, 0.3) is 0 Å². The van der Waals surface area contributed by atoms with Crippen molar-refractivity contribution >= 4 is 5.97 Å². The van der Waals surface area contributed by atoms with Crippen molar-refractivity contribution in [3.05, 3.63) is 23.8 Å². The molecule has 6 nitrogen and oxygen atoms in total. The number of ether oxygens (including phenoxy) is 2. The van der Waals surface area contributed by atoms with Crippen molar-refractivity contribution in [2.45, 2.75) is 18.5 Å². The molecule has 100 valence electrons. The minimum absolute atomic E-state index is 0.158. The smallest absolute Gasteiger partial charge is 0.320 e. The fourth-order valence-corrected chi connectivity index (χ4v) is 1.59. The lowest BCUT2D eigenvalue weighted by Gasteiger charge is -2.16. The van der Waals surface area contributed by atoms with Crippen molar-refractivity contribution in [3.8, 4) is 11.5 Å². The fourth-order valence-electron chi connectivity index (χ4n) is 1.59. The van der Waals surface area contributed by atoms with Gasteiger partial charge in [0, 0.05) is 6.04 Å². The summed E-state index contributed by atoms with van der Waals surface area (Å²) in [5, 5.41) is 8.74. The molecule has 0 aliphatic heterocycles. The van der Waals surface area contributed by atoms with Crippen LogP contribution in [0.2, 0.25) is 0 Å². The molecule has 0 bridgehead atoms. The van der Waals surface area contributed by atoms with Crippen molar-refractivity contribution < 1.29 is 19.4 Å². The van der Waals surface area contributed by atoms with Crippen molar-refractivity contribution in [1.29, 1.82) is 0 Å². The third kappa shape index (κ3) is 3.35. The van der Waals surface area contributed by atoms with E-state index in [1.807, 2.05) is 0 Å². The zero-order valence-electron chi connectivity index (χ0n) is 10.4. The Morgan fingerprint density at radius 2 is 1.89 bits per heavy atom. The summed E-state index contributed by atoms with van der Waals surface area (Å²) < 4.78 is 10.3. The molecule has 6 heteroatoms. The van der Waals surface area contributed by atoms with Gasteiger partial charge in [0.1, 0.15) is 6.04 Å². The Hall–Kier alpha value is -1.79. The van der Waals surface area contributed by atoms with Gasteiger partial charge in [-0.2, -0.15) is 0 Å². The van der Waals surface area contributed by atoms with Crippen LogP contribution in [0.15, 0.2) is 18.2 Å². The van der Waals surface area contributed by atoms with Gasteiger partial charge in [-0.1, -0.05) is 6.07 Å². The summed E-state index contributed by atoms with van der Waals surface area (Å²) in [6.07, 6.45) is 0.158. The van der Waals surface area contributed by atoms with Gasteiger partial charge in [0.15, 0.2) is 11.5 Å². The maximum atomic E-state index is 10.7. The number of hydrogen-bond acceptors (Lipinski definition) is 5. The molecule has 2 atom stereocenters. The predicted octanol–water partition coefficient (Wildman–Crippen LogP) is 0.506. The molecule has 0 aromatic heterocycles. The van der Waals surface area contributed by atoms with E-state index in [2.05, 4.69) is 0 Å². The molecule has 0 aliphatic carbocycles. The van der Waals surface area contributed by atoms with Crippen LogP contribution in [0.5, 0.6) is 11.5 Å². The fraction of sp³-hybridized carbons (Fsp3) is 0.417. The number of carbonyl (C=O) groups is 1. The van der Waals surface area contributed by atoms with Crippen LogP contribution in [0, 0.1) is 0 Å². The summed E-state index contributed by atoms with van der Waals surface area (Å²) in [6.45, 7) is 0. The molecule has 5 N–H and O–H groups in total. The average Bonchev–Trinajstić information content (AvgIpc) is 2.37. The van der Waals surface area contributed by atoms with Gasteiger partial charge in [-0.05, 0) is 24.1 Å². The third-order valence-corrected chi connectivity index (χ3v) is 2.66. The highest BCUT2D eigenvalue weighted by Gasteiger charge is 2.18. The third-order valence-electron chi connectivity index (χ3n) is 2.66. The minimum atomic E-state index is -1.06. The lowest BCUT2D eigenvalue weighted by atomic mass is 10.00. The molecule has 0 fully saturated rings. The first-order chi connectivity index (χ1) is 8.49. The Kier molecular flexibility index (Phi) is 4.94. The first-order valence-electron chi connectivity index (χ1n) is 5.45. The molecule has 0 saturated heterocycles. The molecule has 0 spiro atoms. The number of methoxy groups -OCH3 is 2. The SMILES string of the molecule is COc1ccc([C@H](N)C[C@@H](N)C(=O)O)cc1OC. The van der Waals surface area contributed by atoms with E-state index < -0.39 is 18.1 Å². The van der Waals surface area contributed by atoms with E-state index in [1.54, 1.807) is 18.2 Å². The molecule has 0 saturated carbocycles. The Morgan fingerprint density at radius 3 is 2.39 bits per heavy atom. The standard InChI is InChI=1S/C12H18N2O4/c1-17-10-4-3-7(5-11(10)18-2)8(13)6-9(14)12(15)16/h3-5,8-9H,6,13-14H2,1-2H3,(H,15,16)/t8-,9-/m1/s1. The van der Waals surface area contributed by atoms with Crippen molar-refractivity contribution in [2.24, 2.45) is 11.5 Å². The van der Waals surface area contributed by atoms with Crippen LogP contribution in [-0.2, 0) is 4.79 Å². The second kappa shape index (κ2) is 6.23. The number of hydrogen-bond donors (Lipinski definition) is 3. The summed E-state index contributed by atoms with van der Waals surface area (Å²) in [5.41, 5.74) is 12.1. The molecule has 0 amide bonds. The Morgan fingerprint density at radius 1 is 1.28 bits per heavy atom. The van der Waals surface area contributed by atoms with Gasteiger partial charge >= 0.3 is 5.97 Å². The number of aliphatic carboxylic acids is 1. The Labute approximate surface area is 105 Å². The van der Waals surface area contributed by atoms with E-state index in [9.17, 15) is 4.79 Å². The number of carboxylic acid groups (broad SMARTS) is 1. The normalized spacial score (nSPS) is 13.8. The second-order valence-corrected chi connectivity index (χ2v) is 3.90. The molecule has 0 heterocycles. The van der Waals surface area contributed by atoms with Crippen LogP contribution in [0.25, 0.3) is 0 Å². The highest BCUT2D eigenvalue weighted by Crippen LogP contribution is 2.30. The number of benzene rings is 1. The van der Waals surface area contributed by atoms with E-state index in [1.165, 1.54) is 14.2 Å². The van der Waals surface area contributed by atoms with Crippen molar-refractivity contribution in [2.75, 3.05) is 14.2 Å². The quantitative estimate of drug-likeness (QED) is 0.682. The molecule has 0 unspecified atom stereocenters. The first kappa shape index (κ1) is 14.3. The number of rotatable bonds is 6. The van der Waals surface area contributed by atoms with Crippen molar-refractivity contribution in [3.63, 3.8) is 0 Å². The van der Waals surface area contributed by atoms with Crippen LogP contribution >= 0.6 is 0 Å². The van der Waals surface area contributed by atoms with Gasteiger partial charge in [0.05, 0.1) is 14.2 Å². The molecular formula is C12H18N2O4. The predicted molar refractivity (Wildman–Crippen MR) is 66.7 cm³/mol. The monoisotopic (exact) mass is 254 g/mol. The van der Waals surface area contributed by atoms with Crippen LogP contribution in [0.4, 0.5) is 0 Å². The van der Waals surface area contributed by atoms with Gasteiger partial charge in [0.2, 0.25) is 0 Å². The van der Waals surface area contributed by atoms with Crippen molar-refractivity contribution in [1.82, 2.24) is 0 Å². The van der Waals surface area contributed by atoms with E-state index in [4.69, 9.17) is 26.0 Å². The summed E-state index contributed by atoms with van der Waals surface area (Å²) in [5.74, 6) is 0.0799. The molecule has 1 aromatic carbocycles. The highest BCUT2D eigenvalue weighted by atomic mass is 16.5. The number of carboxylic acids is 1. The van der Waals surface area contributed by atoms with Gasteiger partial charge in [-0.3, -0.25) is 4.79 Å². The van der Waals surface area contributed by atoms with E-state index in [-0.39, 0.29) is 6.42 Å². The molecule has 0 aliphatic rings. The summed E-state index contributed by atoms with van der Waals surface area (Å²) in [4.78, 5) is 10.7. The molecular weight excluding hydrogens is 236 g/mol. The molecule has 18 heavy (non-hydrogen) atoms. The van der Waals surface area contributed by atoms with Gasteiger partial charge in [-0.25, -0.2) is 0 Å².